The van der Waals surface area contributed by atoms with E-state index in [0.29, 0.717) is 11.1 Å². The molecule has 7 nitrogen and oxygen atoms in total. The molecule has 8 heteroatoms. The van der Waals surface area contributed by atoms with Gasteiger partial charge in [0, 0.05) is 5.56 Å². The molecule has 0 unspecified atom stereocenters. The van der Waals surface area contributed by atoms with Crippen LogP contribution < -0.4 is 11.3 Å². The van der Waals surface area contributed by atoms with Crippen molar-refractivity contribution in [3.63, 3.8) is 0 Å². The summed E-state index contributed by atoms with van der Waals surface area (Å²) in [5, 5.41) is 0. The minimum atomic E-state index is -3.63. The Morgan fingerprint density at radius 2 is 2.05 bits per heavy atom. The molecule has 20 heavy (non-hydrogen) atoms. The molecule has 3 N–H and O–H groups in total. The number of hydrazine groups is 1. The van der Waals surface area contributed by atoms with E-state index in [2.05, 4.69) is 0 Å². The van der Waals surface area contributed by atoms with E-state index in [0.717, 1.165) is 4.31 Å². The Morgan fingerprint density at radius 1 is 1.40 bits per heavy atom. The first-order valence-corrected chi connectivity index (χ1v) is 7.32. The van der Waals surface area contributed by atoms with Crippen LogP contribution in [-0.2, 0) is 21.4 Å². The third-order valence-corrected chi connectivity index (χ3v) is 5.66. The highest BCUT2D eigenvalue weighted by Gasteiger charge is 2.59. The standard InChI is InChI=1S/C12H15N3O4S/c1-12(2)11(17)15(20(12,18)19)7-8-4-3-5-9(6-8)10(16)14-13/h3-6H,7,13H2,1-2H3,(H,14,16). The van der Waals surface area contributed by atoms with E-state index >= 15 is 0 Å². The van der Waals surface area contributed by atoms with E-state index in [1.165, 1.54) is 19.9 Å². The van der Waals surface area contributed by atoms with Crippen molar-refractivity contribution in [3.8, 4) is 0 Å². The summed E-state index contributed by atoms with van der Waals surface area (Å²) < 4.78 is 23.4. The van der Waals surface area contributed by atoms with Gasteiger partial charge >= 0.3 is 0 Å². The number of hydrogen-bond donors (Lipinski definition) is 2. The number of carbonyl (C=O) groups excluding carboxylic acids is 2. The lowest BCUT2D eigenvalue weighted by Gasteiger charge is -2.43. The lowest BCUT2D eigenvalue weighted by atomic mass is 10.1. The van der Waals surface area contributed by atoms with Crippen molar-refractivity contribution in [3.05, 3.63) is 35.4 Å². The lowest BCUT2D eigenvalue weighted by Crippen LogP contribution is -2.66. The zero-order valence-corrected chi connectivity index (χ0v) is 11.9. The first-order valence-electron chi connectivity index (χ1n) is 5.88. The van der Waals surface area contributed by atoms with Gasteiger partial charge in [0.1, 0.15) is 0 Å². The molecular weight excluding hydrogens is 282 g/mol. The Hall–Kier alpha value is -1.93. The predicted octanol–water partition coefficient (Wildman–Crippen LogP) is -0.259. The smallest absolute Gasteiger partial charge is 0.265 e. The fourth-order valence-electron chi connectivity index (χ4n) is 1.97. The van der Waals surface area contributed by atoms with Crippen molar-refractivity contribution in [1.29, 1.82) is 0 Å². The number of amides is 2. The SMILES string of the molecule is CC1(C)C(=O)N(Cc2cccc(C(=O)NN)c2)S1(=O)=O. The molecule has 1 aromatic carbocycles. The van der Waals surface area contributed by atoms with Crippen LogP contribution in [0.2, 0.25) is 0 Å². The average Bonchev–Trinajstić information content (AvgIpc) is 2.43. The number of nitrogens with zero attached hydrogens (tertiary/aromatic N) is 1. The van der Waals surface area contributed by atoms with Gasteiger partial charge < -0.3 is 0 Å². The number of sulfonamides is 1. The van der Waals surface area contributed by atoms with Crippen molar-refractivity contribution >= 4 is 21.8 Å². The summed E-state index contributed by atoms with van der Waals surface area (Å²) in [5.74, 6) is 4.10. The van der Waals surface area contributed by atoms with Crippen LogP contribution in [0.25, 0.3) is 0 Å². The molecule has 0 aromatic heterocycles. The average molecular weight is 297 g/mol. The summed E-state index contributed by atoms with van der Waals surface area (Å²) in [6.07, 6.45) is 0. The Labute approximate surface area is 116 Å². The minimum absolute atomic E-state index is 0.0870. The van der Waals surface area contributed by atoms with E-state index in [4.69, 9.17) is 5.84 Å². The van der Waals surface area contributed by atoms with Gasteiger partial charge in [0.15, 0.2) is 4.75 Å². The second kappa shape index (κ2) is 4.57. The van der Waals surface area contributed by atoms with E-state index in [1.807, 2.05) is 5.43 Å². The molecule has 0 bridgehead atoms. The van der Waals surface area contributed by atoms with Gasteiger partial charge in [0.25, 0.3) is 21.8 Å². The number of carbonyl (C=O) groups is 2. The predicted molar refractivity (Wildman–Crippen MR) is 71.6 cm³/mol. The zero-order chi connectivity index (χ0) is 15.1. The van der Waals surface area contributed by atoms with Crippen molar-refractivity contribution < 1.29 is 18.0 Å². The van der Waals surface area contributed by atoms with Crippen molar-refractivity contribution in [1.82, 2.24) is 9.73 Å². The number of rotatable bonds is 3. The molecule has 1 heterocycles. The van der Waals surface area contributed by atoms with Crippen LogP contribution in [0.4, 0.5) is 0 Å². The molecule has 1 aliphatic heterocycles. The highest BCUT2D eigenvalue weighted by atomic mass is 32.2. The van der Waals surface area contributed by atoms with Crippen LogP contribution >= 0.6 is 0 Å². The molecule has 0 aliphatic carbocycles. The van der Waals surface area contributed by atoms with Crippen LogP contribution in [0.5, 0.6) is 0 Å². The summed E-state index contributed by atoms with van der Waals surface area (Å²) in [5.41, 5.74) is 2.83. The number of benzene rings is 1. The largest absolute Gasteiger partial charge is 0.290 e. The molecule has 0 spiro atoms. The van der Waals surface area contributed by atoms with E-state index in [9.17, 15) is 18.0 Å². The first-order chi connectivity index (χ1) is 9.21. The third-order valence-electron chi connectivity index (χ3n) is 3.32. The van der Waals surface area contributed by atoms with Gasteiger partial charge in [-0.15, -0.1) is 0 Å². The molecule has 0 radical (unpaired) electrons. The Kier molecular flexibility index (Phi) is 3.31. The van der Waals surface area contributed by atoms with E-state index in [-0.39, 0.29) is 6.54 Å². The molecule has 1 aliphatic rings. The number of nitrogens with one attached hydrogen (secondary N) is 1. The van der Waals surface area contributed by atoms with Crippen LogP contribution in [0, 0.1) is 0 Å². The highest BCUT2D eigenvalue weighted by Crippen LogP contribution is 2.36. The Balaban J connectivity index is 2.25. The monoisotopic (exact) mass is 297 g/mol. The maximum atomic E-state index is 12.0. The van der Waals surface area contributed by atoms with Crippen LogP contribution in [0.3, 0.4) is 0 Å². The van der Waals surface area contributed by atoms with Crippen LogP contribution in [0.1, 0.15) is 29.8 Å². The van der Waals surface area contributed by atoms with E-state index < -0.39 is 26.6 Å². The number of hydrogen-bond acceptors (Lipinski definition) is 5. The van der Waals surface area contributed by atoms with Gasteiger partial charge in [0.05, 0.1) is 6.54 Å². The van der Waals surface area contributed by atoms with Crippen molar-refractivity contribution in [2.24, 2.45) is 5.84 Å². The molecule has 0 saturated carbocycles. The highest BCUT2D eigenvalue weighted by molar-refractivity contribution is 7.94. The second-order valence-corrected chi connectivity index (χ2v) is 7.41. The summed E-state index contributed by atoms with van der Waals surface area (Å²) in [6.45, 7) is 2.66. The lowest BCUT2D eigenvalue weighted by molar-refractivity contribution is -0.132. The quantitative estimate of drug-likeness (QED) is 0.454. The van der Waals surface area contributed by atoms with Gasteiger partial charge in [-0.25, -0.2) is 18.6 Å². The van der Waals surface area contributed by atoms with Gasteiger partial charge in [-0.05, 0) is 31.5 Å². The normalized spacial score (nSPS) is 19.4. The van der Waals surface area contributed by atoms with Crippen molar-refractivity contribution in [2.75, 3.05) is 0 Å². The second-order valence-electron chi connectivity index (χ2n) is 5.00. The number of nitrogen functional groups attached to an aromatic ring is 1. The van der Waals surface area contributed by atoms with Gasteiger partial charge in [-0.2, -0.15) is 0 Å². The fourth-order valence-corrected chi connectivity index (χ4v) is 3.49. The van der Waals surface area contributed by atoms with Crippen LogP contribution in [-0.4, -0.2) is 29.3 Å². The van der Waals surface area contributed by atoms with Crippen molar-refractivity contribution in [2.45, 2.75) is 25.1 Å². The third kappa shape index (κ3) is 1.97. The summed E-state index contributed by atoms with van der Waals surface area (Å²) in [6, 6.07) is 6.28. The summed E-state index contributed by atoms with van der Waals surface area (Å²) in [4.78, 5) is 23.2. The molecule has 1 fully saturated rings. The molecule has 2 rings (SSSR count). The molecular formula is C12H15N3O4S. The topological polar surface area (TPSA) is 110 Å². The Bertz CT molecular complexity index is 682. The van der Waals surface area contributed by atoms with Gasteiger partial charge in [0.2, 0.25) is 0 Å². The van der Waals surface area contributed by atoms with E-state index in [1.54, 1.807) is 18.2 Å². The Morgan fingerprint density at radius 3 is 2.60 bits per heavy atom. The molecule has 1 saturated heterocycles. The zero-order valence-electron chi connectivity index (χ0n) is 11.1. The minimum Gasteiger partial charge on any atom is -0.290 e. The van der Waals surface area contributed by atoms with Crippen LogP contribution in [0.15, 0.2) is 24.3 Å². The number of nitrogens with two attached hydrogens (primary N) is 1. The molecule has 1 aromatic rings. The maximum Gasteiger partial charge on any atom is 0.265 e. The van der Waals surface area contributed by atoms with Gasteiger partial charge in [-0.3, -0.25) is 15.0 Å². The van der Waals surface area contributed by atoms with Gasteiger partial charge in [-0.1, -0.05) is 12.1 Å². The molecule has 0 atom stereocenters. The molecule has 108 valence electrons. The summed E-state index contributed by atoms with van der Waals surface area (Å²) >= 11 is 0. The maximum absolute atomic E-state index is 12.0. The molecule has 2 amide bonds. The summed E-state index contributed by atoms with van der Waals surface area (Å²) in [7, 11) is -3.63. The first kappa shape index (κ1) is 14.5. The fraction of sp³-hybridized carbons (Fsp3) is 0.333.